The molecule has 0 aliphatic rings. The summed E-state index contributed by atoms with van der Waals surface area (Å²) >= 11 is 0. The molecule has 134 valence electrons. The van der Waals surface area contributed by atoms with E-state index in [1.807, 2.05) is 0 Å². The maximum atomic E-state index is 12.1. The fraction of sp³-hybridized carbons (Fsp3) is 0.750. The number of hydrogen-bond acceptors (Lipinski definition) is 6. The van der Waals surface area contributed by atoms with Crippen LogP contribution in [0.2, 0.25) is 0 Å². The summed E-state index contributed by atoms with van der Waals surface area (Å²) < 4.78 is 10.5. The molecule has 2 N–H and O–H groups in total. The summed E-state index contributed by atoms with van der Waals surface area (Å²) in [7, 11) is 0. The molecule has 0 heterocycles. The maximum Gasteiger partial charge on any atom is 0.362 e. The molecule has 0 aromatic carbocycles. The number of hydrogen-bond donors (Lipinski definition) is 2. The Hall–Kier alpha value is -1.44. The van der Waals surface area contributed by atoms with E-state index in [2.05, 4.69) is 6.58 Å². The van der Waals surface area contributed by atoms with E-state index in [4.69, 9.17) is 9.47 Å². The molecular weight excluding hydrogens is 302 g/mol. The third-order valence-electron chi connectivity index (χ3n) is 3.18. The van der Waals surface area contributed by atoms with Crippen molar-refractivity contribution in [3.05, 3.63) is 12.2 Å². The van der Waals surface area contributed by atoms with E-state index in [1.54, 1.807) is 27.7 Å². The number of carbonyl (C=O) groups excluding carboxylic acids is 2. The first-order valence-corrected chi connectivity index (χ1v) is 7.66. The Morgan fingerprint density at radius 1 is 1.09 bits per heavy atom. The second-order valence-corrected chi connectivity index (χ2v) is 6.62. The van der Waals surface area contributed by atoms with Crippen molar-refractivity contribution in [2.75, 3.05) is 46.0 Å². The van der Waals surface area contributed by atoms with Gasteiger partial charge in [-0.25, -0.2) is 9.59 Å². The Balaban J connectivity index is 4.89. The van der Waals surface area contributed by atoms with Gasteiger partial charge in [0.1, 0.15) is 31.8 Å². The third-order valence-corrected chi connectivity index (χ3v) is 3.18. The second kappa shape index (κ2) is 9.64. The Morgan fingerprint density at radius 3 is 2.00 bits per heavy atom. The van der Waals surface area contributed by atoms with E-state index < -0.39 is 17.5 Å². The van der Waals surface area contributed by atoms with Gasteiger partial charge in [0, 0.05) is 5.57 Å². The van der Waals surface area contributed by atoms with Crippen molar-refractivity contribution < 1.29 is 33.8 Å². The van der Waals surface area contributed by atoms with Crippen molar-refractivity contribution in [2.45, 2.75) is 33.3 Å². The van der Waals surface area contributed by atoms with Crippen molar-refractivity contribution >= 4 is 11.9 Å². The van der Waals surface area contributed by atoms with Gasteiger partial charge in [0.15, 0.2) is 6.54 Å². The standard InChI is InChI=1S/C16H30NO6/c1-13(2)15(21)22-11-8-17(6-9-18,7-10-19)12-14(20)23-16(3,4)5/h18-19H,1,6-12H2,2-5H3/q+1. The summed E-state index contributed by atoms with van der Waals surface area (Å²) in [4.78, 5) is 23.5. The van der Waals surface area contributed by atoms with Crippen molar-refractivity contribution in [2.24, 2.45) is 0 Å². The number of carbonyl (C=O) groups is 2. The van der Waals surface area contributed by atoms with Gasteiger partial charge in [0.05, 0.1) is 13.2 Å². The van der Waals surface area contributed by atoms with Crippen LogP contribution in [0.4, 0.5) is 0 Å². The molecule has 0 aromatic heterocycles. The average molecular weight is 332 g/mol. The van der Waals surface area contributed by atoms with Crippen molar-refractivity contribution in [3.63, 3.8) is 0 Å². The van der Waals surface area contributed by atoms with Crippen LogP contribution < -0.4 is 0 Å². The SMILES string of the molecule is C=C(C)C(=O)OCC[N+](CCO)(CCO)CC(=O)OC(C)(C)C. The van der Waals surface area contributed by atoms with Crippen molar-refractivity contribution in [1.82, 2.24) is 0 Å². The normalized spacial score (nSPS) is 11.9. The minimum Gasteiger partial charge on any atom is -0.456 e. The molecule has 0 rings (SSSR count). The highest BCUT2D eigenvalue weighted by Crippen LogP contribution is 2.12. The molecule has 0 fully saturated rings. The number of aliphatic hydroxyl groups is 2. The van der Waals surface area contributed by atoms with Crippen LogP contribution in [0.1, 0.15) is 27.7 Å². The zero-order valence-electron chi connectivity index (χ0n) is 14.6. The average Bonchev–Trinajstić information content (AvgIpc) is 2.36. The summed E-state index contributed by atoms with van der Waals surface area (Å²) in [6, 6.07) is 0. The molecule has 0 aromatic rings. The number of rotatable bonds is 10. The molecule has 0 saturated heterocycles. The topological polar surface area (TPSA) is 93.1 Å². The predicted molar refractivity (Wildman–Crippen MR) is 85.5 cm³/mol. The van der Waals surface area contributed by atoms with Gasteiger partial charge in [-0.1, -0.05) is 6.58 Å². The molecule has 0 spiro atoms. The van der Waals surface area contributed by atoms with Gasteiger partial charge in [-0.3, -0.25) is 0 Å². The lowest BCUT2D eigenvalue weighted by Gasteiger charge is -2.37. The lowest BCUT2D eigenvalue weighted by Crippen LogP contribution is -2.56. The minimum atomic E-state index is -0.614. The van der Waals surface area contributed by atoms with E-state index >= 15 is 0 Å². The molecular formula is C16H30NO6+. The Labute approximate surface area is 138 Å². The molecule has 0 aliphatic carbocycles. The van der Waals surface area contributed by atoms with Gasteiger partial charge >= 0.3 is 11.9 Å². The van der Waals surface area contributed by atoms with Gasteiger partial charge in [-0.2, -0.15) is 0 Å². The number of quaternary nitrogens is 1. The van der Waals surface area contributed by atoms with E-state index in [9.17, 15) is 19.8 Å². The van der Waals surface area contributed by atoms with Crippen LogP contribution in [0.25, 0.3) is 0 Å². The number of aliphatic hydroxyl groups excluding tert-OH is 2. The highest BCUT2D eigenvalue weighted by atomic mass is 16.6. The lowest BCUT2D eigenvalue weighted by molar-refractivity contribution is -0.922. The lowest BCUT2D eigenvalue weighted by atomic mass is 10.2. The van der Waals surface area contributed by atoms with E-state index in [1.165, 1.54) is 0 Å². The molecule has 0 amide bonds. The first-order chi connectivity index (χ1) is 10.5. The fourth-order valence-electron chi connectivity index (χ4n) is 2.10. The van der Waals surface area contributed by atoms with E-state index in [0.717, 1.165) is 0 Å². The minimum absolute atomic E-state index is 0.0109. The molecule has 0 saturated carbocycles. The Morgan fingerprint density at radius 2 is 1.61 bits per heavy atom. The Kier molecular flexibility index (Phi) is 9.04. The summed E-state index contributed by atoms with van der Waals surface area (Å²) in [5, 5.41) is 18.6. The Bertz CT molecular complexity index is 407. The summed E-state index contributed by atoms with van der Waals surface area (Å²) in [6.45, 7) is 10.9. The summed E-state index contributed by atoms with van der Waals surface area (Å²) in [6.07, 6.45) is 0. The smallest absolute Gasteiger partial charge is 0.362 e. The van der Waals surface area contributed by atoms with Crippen molar-refractivity contribution in [3.8, 4) is 0 Å². The molecule has 0 aliphatic heterocycles. The van der Waals surface area contributed by atoms with Crippen LogP contribution in [0.15, 0.2) is 12.2 Å². The highest BCUT2D eigenvalue weighted by Gasteiger charge is 2.32. The number of nitrogens with zero attached hydrogens (tertiary/aromatic N) is 1. The largest absolute Gasteiger partial charge is 0.456 e. The molecule has 0 bridgehead atoms. The fourth-order valence-corrected chi connectivity index (χ4v) is 2.10. The van der Waals surface area contributed by atoms with Crippen LogP contribution in [0.5, 0.6) is 0 Å². The van der Waals surface area contributed by atoms with Gasteiger partial charge in [-0.05, 0) is 27.7 Å². The predicted octanol–water partition coefficient (Wildman–Crippen LogP) is 0.249. The first kappa shape index (κ1) is 21.6. The van der Waals surface area contributed by atoms with Gasteiger partial charge in [-0.15, -0.1) is 0 Å². The number of ether oxygens (including phenoxy) is 2. The third kappa shape index (κ3) is 9.32. The monoisotopic (exact) mass is 332 g/mol. The number of esters is 2. The van der Waals surface area contributed by atoms with Gasteiger partial charge < -0.3 is 24.2 Å². The van der Waals surface area contributed by atoms with Crippen LogP contribution in [-0.2, 0) is 19.1 Å². The molecule has 0 atom stereocenters. The van der Waals surface area contributed by atoms with E-state index in [0.29, 0.717) is 12.1 Å². The molecule has 7 nitrogen and oxygen atoms in total. The summed E-state index contributed by atoms with van der Waals surface area (Å²) in [5.41, 5.74) is -0.322. The highest BCUT2D eigenvalue weighted by molar-refractivity contribution is 5.86. The van der Waals surface area contributed by atoms with E-state index in [-0.39, 0.29) is 43.9 Å². The zero-order valence-corrected chi connectivity index (χ0v) is 14.6. The second-order valence-electron chi connectivity index (χ2n) is 6.62. The zero-order chi connectivity index (χ0) is 18.1. The van der Waals surface area contributed by atoms with Crippen molar-refractivity contribution in [1.29, 1.82) is 0 Å². The molecule has 0 unspecified atom stereocenters. The molecule has 0 radical (unpaired) electrons. The summed E-state index contributed by atoms with van der Waals surface area (Å²) in [5.74, 6) is -0.931. The quantitative estimate of drug-likeness (QED) is 0.338. The van der Waals surface area contributed by atoms with Crippen LogP contribution in [0.3, 0.4) is 0 Å². The van der Waals surface area contributed by atoms with Crippen LogP contribution >= 0.6 is 0 Å². The molecule has 23 heavy (non-hydrogen) atoms. The molecule has 7 heteroatoms. The first-order valence-electron chi connectivity index (χ1n) is 7.66. The van der Waals surface area contributed by atoms with Crippen LogP contribution in [-0.4, -0.2) is 78.2 Å². The van der Waals surface area contributed by atoms with Crippen LogP contribution in [0, 0.1) is 0 Å². The van der Waals surface area contributed by atoms with Gasteiger partial charge in [0.2, 0.25) is 0 Å². The maximum absolute atomic E-state index is 12.1. The van der Waals surface area contributed by atoms with Gasteiger partial charge in [0.25, 0.3) is 0 Å².